The molecule has 2 rings (SSSR count). The summed E-state index contributed by atoms with van der Waals surface area (Å²) in [5.74, 6) is -0.0391. The Balaban J connectivity index is 2.25. The van der Waals surface area contributed by atoms with Gasteiger partial charge in [-0.2, -0.15) is 0 Å². The first-order chi connectivity index (χ1) is 17.8. The van der Waals surface area contributed by atoms with Gasteiger partial charge in [0.2, 0.25) is 0 Å². The third kappa shape index (κ3) is 7.19. The van der Waals surface area contributed by atoms with Crippen LogP contribution < -0.4 is 5.73 Å². The van der Waals surface area contributed by atoms with Gasteiger partial charge in [0.05, 0.1) is 18.8 Å². The van der Waals surface area contributed by atoms with Crippen LogP contribution in [0.5, 0.6) is 0 Å². The quantitative estimate of drug-likeness (QED) is 0.170. The van der Waals surface area contributed by atoms with E-state index >= 15 is 0 Å². The van der Waals surface area contributed by atoms with Crippen molar-refractivity contribution < 1.29 is 33.9 Å². The lowest BCUT2D eigenvalue weighted by Gasteiger charge is -2.40. The number of ether oxygens (including phenoxy) is 1. The summed E-state index contributed by atoms with van der Waals surface area (Å²) in [4.78, 5) is 17.4. The molecule has 1 saturated heterocycles. The van der Waals surface area contributed by atoms with Crippen LogP contribution in [-0.2, 0) is 13.7 Å². The van der Waals surface area contributed by atoms with Crippen molar-refractivity contribution in [2.45, 2.75) is 135 Å². The third-order valence-electron chi connectivity index (χ3n) is 8.95. The molecule has 0 radical (unpaired) electrons. The van der Waals surface area contributed by atoms with E-state index in [0.717, 1.165) is 0 Å². The van der Waals surface area contributed by atoms with E-state index in [4.69, 9.17) is 19.4 Å². The highest BCUT2D eigenvalue weighted by Crippen LogP contribution is 2.58. The second kappa shape index (κ2) is 12.6. The normalized spacial score (nSPS) is 30.0. The molecule has 0 aromatic rings. The summed E-state index contributed by atoms with van der Waals surface area (Å²) < 4.78 is 18.7. The van der Waals surface area contributed by atoms with Crippen molar-refractivity contribution in [2.75, 3.05) is 6.61 Å². The summed E-state index contributed by atoms with van der Waals surface area (Å²) >= 11 is 0. The van der Waals surface area contributed by atoms with Crippen LogP contribution in [-0.4, -0.2) is 94.3 Å². The minimum absolute atomic E-state index is 0.0314. The molecule has 2 aliphatic rings. The fourth-order valence-electron chi connectivity index (χ4n) is 4.76. The van der Waals surface area contributed by atoms with E-state index in [1.807, 2.05) is 27.0 Å². The number of hydrogen-bond acceptors (Lipinski definition) is 10. The van der Waals surface area contributed by atoms with Gasteiger partial charge in [-0.25, -0.2) is 4.99 Å². The van der Waals surface area contributed by atoms with E-state index in [9.17, 15) is 20.2 Å². The first kappa shape index (κ1) is 34.4. The van der Waals surface area contributed by atoms with Crippen molar-refractivity contribution in [1.82, 2.24) is 4.90 Å². The maximum Gasteiger partial charge on any atom is 0.192 e. The van der Waals surface area contributed by atoms with Crippen molar-refractivity contribution >= 4 is 27.8 Å². The molecule has 0 aromatic heterocycles. The molecule has 12 heteroatoms. The number of amidine groups is 1. The number of rotatable bonds is 12. The van der Waals surface area contributed by atoms with Crippen molar-refractivity contribution in [3.8, 4) is 0 Å². The van der Waals surface area contributed by atoms with E-state index in [1.54, 1.807) is 18.7 Å². The minimum atomic E-state index is -3.42. The van der Waals surface area contributed by atoms with Gasteiger partial charge in [0.15, 0.2) is 14.5 Å². The third-order valence-corrected chi connectivity index (χ3v) is 16.0. The Morgan fingerprint density at radius 3 is 2.26 bits per heavy atom. The lowest BCUT2D eigenvalue weighted by Crippen LogP contribution is -2.48. The lowest BCUT2D eigenvalue weighted by molar-refractivity contribution is -0.104. The molecule has 8 atom stereocenters. The molecule has 10 nitrogen and oxygen atoms in total. The van der Waals surface area contributed by atoms with Gasteiger partial charge >= 0.3 is 0 Å². The van der Waals surface area contributed by atoms with Crippen LogP contribution in [0.3, 0.4) is 0 Å². The van der Waals surface area contributed by atoms with Crippen molar-refractivity contribution in [3.05, 3.63) is 11.8 Å². The molecule has 5 unspecified atom stereocenters. The van der Waals surface area contributed by atoms with Gasteiger partial charge in [-0.1, -0.05) is 48.5 Å². The standard InChI is InChI=1S/C27H54N3O7PSi/c1-12-20(37-38(9,34)27(33,13-2)14-3)17(4)23-21(31)22(32)25(36-23)30-15-19(24(28)29-18(30)5)16-35-39(10,11)26(6,7)8/h15,17-18,20-23,25,31-34H,9,12-14,16H2,1-8,10-11H3,(H2,28,29)/t17?,18?,20?,21-,22+,23+,25?,38?/m0/s1. The van der Waals surface area contributed by atoms with E-state index in [0.29, 0.717) is 30.7 Å². The largest absolute Gasteiger partial charge is 0.412 e. The second-order valence-electron chi connectivity index (χ2n) is 12.6. The van der Waals surface area contributed by atoms with Crippen LogP contribution >= 0.6 is 7.34 Å². The predicted molar refractivity (Wildman–Crippen MR) is 161 cm³/mol. The Hall–Kier alpha value is -0.753. The highest BCUT2D eigenvalue weighted by atomic mass is 31.2. The Morgan fingerprint density at radius 1 is 1.21 bits per heavy atom. The van der Waals surface area contributed by atoms with Gasteiger partial charge in [0, 0.05) is 17.7 Å². The van der Waals surface area contributed by atoms with Crippen LogP contribution in [0.2, 0.25) is 18.1 Å². The van der Waals surface area contributed by atoms with Crippen LogP contribution in [0, 0.1) is 5.92 Å². The monoisotopic (exact) mass is 591 g/mol. The molecule has 2 heterocycles. The summed E-state index contributed by atoms with van der Waals surface area (Å²) in [5, 5.41) is 31.6. The van der Waals surface area contributed by atoms with Crippen LogP contribution in [0.25, 0.3) is 0 Å². The number of aliphatic hydroxyl groups is 3. The van der Waals surface area contributed by atoms with E-state index in [2.05, 4.69) is 45.2 Å². The molecule has 39 heavy (non-hydrogen) atoms. The molecular formula is C27H54N3O7PSi. The zero-order valence-corrected chi connectivity index (χ0v) is 27.5. The second-order valence-corrected chi connectivity index (χ2v) is 19.8. The SMILES string of the molecule is C=P(O)(OC(CC)C(C)[C@H]1OC(N2C=C(CO[Si](C)(C)C(C)(C)C)C(N)=NC2C)[C@H](O)[C@@H]1O)C(O)(CC)CC. The molecular weight excluding hydrogens is 537 g/mol. The van der Waals surface area contributed by atoms with Crippen molar-refractivity contribution in [3.63, 3.8) is 0 Å². The number of aliphatic hydroxyl groups excluding tert-OH is 2. The molecule has 0 saturated carbocycles. The predicted octanol–water partition coefficient (Wildman–Crippen LogP) is 3.57. The summed E-state index contributed by atoms with van der Waals surface area (Å²) in [6.07, 6.45) is 1.69. The van der Waals surface area contributed by atoms with E-state index in [1.165, 1.54) is 0 Å². The number of hydrogen-bond donors (Lipinski definition) is 5. The fraction of sp³-hybridized carbons (Fsp3) is 0.852. The Bertz CT molecular complexity index is 950. The van der Waals surface area contributed by atoms with E-state index in [-0.39, 0.29) is 11.6 Å². The van der Waals surface area contributed by atoms with Gasteiger partial charge in [0.25, 0.3) is 0 Å². The molecule has 0 bridgehead atoms. The maximum atomic E-state index is 11.1. The van der Waals surface area contributed by atoms with Crippen molar-refractivity contribution in [1.29, 1.82) is 0 Å². The highest BCUT2D eigenvalue weighted by Gasteiger charge is 2.51. The Kier molecular flexibility index (Phi) is 11.2. The number of nitrogens with zero attached hydrogens (tertiary/aromatic N) is 2. The minimum Gasteiger partial charge on any atom is -0.412 e. The van der Waals surface area contributed by atoms with Gasteiger partial charge in [-0.3, -0.25) is 0 Å². The fourth-order valence-corrected chi connectivity index (χ4v) is 7.69. The molecule has 0 aromatic carbocycles. The topological polar surface area (TPSA) is 150 Å². The molecule has 6 N–H and O–H groups in total. The van der Waals surface area contributed by atoms with Gasteiger partial charge in [0.1, 0.15) is 36.9 Å². The van der Waals surface area contributed by atoms with Gasteiger partial charge in [-0.05, 0) is 50.6 Å². The first-order valence-electron chi connectivity index (χ1n) is 14.1. The summed E-state index contributed by atoms with van der Waals surface area (Å²) in [6.45, 7) is 20.3. The maximum absolute atomic E-state index is 11.1. The Labute approximate surface area is 236 Å². The summed E-state index contributed by atoms with van der Waals surface area (Å²) in [6, 6.07) is 0. The van der Waals surface area contributed by atoms with E-state index < -0.39 is 63.7 Å². The lowest BCUT2D eigenvalue weighted by atomic mass is 9.92. The average Bonchev–Trinajstić information content (AvgIpc) is 3.14. The number of nitrogens with two attached hydrogens (primary N) is 1. The van der Waals surface area contributed by atoms with Gasteiger partial charge in [-0.15, -0.1) is 0 Å². The molecule has 2 aliphatic heterocycles. The molecule has 0 amide bonds. The zero-order valence-electron chi connectivity index (χ0n) is 25.6. The zero-order chi connectivity index (χ0) is 30.1. The first-order valence-corrected chi connectivity index (χ1v) is 18.9. The summed E-state index contributed by atoms with van der Waals surface area (Å²) in [5.41, 5.74) is 6.95. The van der Waals surface area contributed by atoms with Crippen LogP contribution in [0.1, 0.15) is 74.7 Å². The molecule has 0 aliphatic carbocycles. The molecule has 0 spiro atoms. The Morgan fingerprint density at radius 2 is 1.77 bits per heavy atom. The smallest absolute Gasteiger partial charge is 0.192 e. The summed E-state index contributed by atoms with van der Waals surface area (Å²) in [7, 11) is -5.46. The highest BCUT2D eigenvalue weighted by molar-refractivity contribution is 7.64. The molecule has 228 valence electrons. The number of aliphatic imine (C=N–C) groups is 1. The average molecular weight is 592 g/mol. The van der Waals surface area contributed by atoms with Crippen LogP contribution in [0.4, 0.5) is 0 Å². The van der Waals surface area contributed by atoms with Gasteiger partial charge < -0.3 is 44.5 Å². The molecule has 1 fully saturated rings. The van der Waals surface area contributed by atoms with Crippen LogP contribution in [0.15, 0.2) is 16.8 Å². The van der Waals surface area contributed by atoms with Crippen molar-refractivity contribution in [2.24, 2.45) is 16.6 Å².